The first-order valence-corrected chi connectivity index (χ1v) is 6.25. The van der Waals surface area contributed by atoms with Crippen molar-refractivity contribution < 1.29 is 9.47 Å². The van der Waals surface area contributed by atoms with E-state index >= 15 is 0 Å². The lowest BCUT2D eigenvalue weighted by atomic mass is 10.2. The first-order chi connectivity index (χ1) is 8.30. The third kappa shape index (κ3) is 2.35. The maximum absolute atomic E-state index is 5.72. The van der Waals surface area contributed by atoms with Crippen molar-refractivity contribution in [3.05, 3.63) is 23.2 Å². The van der Waals surface area contributed by atoms with Crippen molar-refractivity contribution in [1.82, 2.24) is 10.2 Å². The highest BCUT2D eigenvalue weighted by Gasteiger charge is 2.16. The molecule has 0 amide bonds. The van der Waals surface area contributed by atoms with E-state index in [4.69, 9.17) is 21.1 Å². The van der Waals surface area contributed by atoms with Crippen molar-refractivity contribution in [3.8, 4) is 22.1 Å². The zero-order chi connectivity index (χ0) is 12.3. The van der Waals surface area contributed by atoms with E-state index in [1.54, 1.807) is 14.2 Å². The third-order valence-electron chi connectivity index (χ3n) is 2.22. The van der Waals surface area contributed by atoms with Gasteiger partial charge in [0.15, 0.2) is 5.01 Å². The van der Waals surface area contributed by atoms with Gasteiger partial charge in [-0.3, -0.25) is 0 Å². The fraction of sp³-hybridized carbons (Fsp3) is 0.273. The van der Waals surface area contributed by atoms with Crippen molar-refractivity contribution in [2.45, 2.75) is 5.88 Å². The smallest absolute Gasteiger partial charge is 0.155 e. The van der Waals surface area contributed by atoms with E-state index in [2.05, 4.69) is 10.2 Å². The first kappa shape index (κ1) is 12.1. The predicted molar refractivity (Wildman–Crippen MR) is 68.0 cm³/mol. The molecule has 0 N–H and O–H groups in total. The number of benzene rings is 1. The SMILES string of the molecule is COc1cccc(OC)c1-c1nnc(CCl)s1. The lowest BCUT2D eigenvalue weighted by Gasteiger charge is -2.09. The number of nitrogens with zero attached hydrogens (tertiary/aromatic N) is 2. The molecule has 2 rings (SSSR count). The Morgan fingerprint density at radius 3 is 2.29 bits per heavy atom. The largest absolute Gasteiger partial charge is 0.496 e. The standard InChI is InChI=1S/C11H11ClN2O2S/c1-15-7-4-3-5-8(16-2)10(7)11-14-13-9(6-12)17-11/h3-5H,6H2,1-2H3. The molecule has 0 aliphatic rings. The van der Waals surface area contributed by atoms with Crippen LogP contribution >= 0.6 is 22.9 Å². The second kappa shape index (κ2) is 5.33. The van der Waals surface area contributed by atoms with E-state index in [9.17, 15) is 0 Å². The molecular weight excluding hydrogens is 260 g/mol. The number of aromatic nitrogens is 2. The molecule has 0 aliphatic carbocycles. The molecule has 1 aromatic heterocycles. The first-order valence-electron chi connectivity index (χ1n) is 4.90. The zero-order valence-electron chi connectivity index (χ0n) is 9.44. The summed E-state index contributed by atoms with van der Waals surface area (Å²) >= 11 is 7.15. The molecule has 0 unspecified atom stereocenters. The van der Waals surface area contributed by atoms with Gasteiger partial charge in [0.25, 0.3) is 0 Å². The molecule has 0 fully saturated rings. The number of alkyl halides is 1. The summed E-state index contributed by atoms with van der Waals surface area (Å²) in [5.74, 6) is 1.78. The van der Waals surface area contributed by atoms with Crippen LogP contribution in [0.3, 0.4) is 0 Å². The Balaban J connectivity index is 2.55. The summed E-state index contributed by atoms with van der Waals surface area (Å²) in [7, 11) is 3.23. The molecule has 0 radical (unpaired) electrons. The van der Waals surface area contributed by atoms with Crippen molar-refractivity contribution >= 4 is 22.9 Å². The molecule has 0 aliphatic heterocycles. The van der Waals surface area contributed by atoms with Crippen molar-refractivity contribution in [3.63, 3.8) is 0 Å². The Morgan fingerprint density at radius 1 is 1.18 bits per heavy atom. The van der Waals surface area contributed by atoms with Crippen LogP contribution in [-0.2, 0) is 5.88 Å². The van der Waals surface area contributed by atoms with Gasteiger partial charge in [0.2, 0.25) is 0 Å². The summed E-state index contributed by atoms with van der Waals surface area (Å²) in [5, 5.41) is 9.60. The van der Waals surface area contributed by atoms with Gasteiger partial charge in [-0.2, -0.15) is 0 Å². The monoisotopic (exact) mass is 270 g/mol. The zero-order valence-corrected chi connectivity index (χ0v) is 11.0. The Labute approximate surface area is 108 Å². The molecule has 0 bridgehead atoms. The summed E-state index contributed by atoms with van der Waals surface area (Å²) in [6.07, 6.45) is 0. The third-order valence-corrected chi connectivity index (χ3v) is 3.58. The van der Waals surface area contributed by atoms with E-state index in [0.29, 0.717) is 17.4 Å². The highest BCUT2D eigenvalue weighted by atomic mass is 35.5. The molecule has 0 saturated carbocycles. The number of ether oxygens (including phenoxy) is 2. The van der Waals surface area contributed by atoms with Crippen LogP contribution in [0.15, 0.2) is 18.2 Å². The second-order valence-electron chi connectivity index (χ2n) is 3.17. The van der Waals surface area contributed by atoms with Crippen LogP contribution in [-0.4, -0.2) is 24.4 Å². The molecule has 1 heterocycles. The van der Waals surface area contributed by atoms with Gasteiger partial charge in [-0.1, -0.05) is 17.4 Å². The highest BCUT2D eigenvalue weighted by molar-refractivity contribution is 7.14. The predicted octanol–water partition coefficient (Wildman–Crippen LogP) is 2.96. The van der Waals surface area contributed by atoms with Crippen LogP contribution in [0.25, 0.3) is 10.6 Å². The Bertz CT molecular complexity index is 494. The minimum absolute atomic E-state index is 0.356. The minimum atomic E-state index is 0.356. The van der Waals surface area contributed by atoms with Crippen LogP contribution in [0, 0.1) is 0 Å². The number of halogens is 1. The average Bonchev–Trinajstić information content (AvgIpc) is 2.86. The molecule has 1 aromatic carbocycles. The van der Waals surface area contributed by atoms with Gasteiger partial charge in [0.05, 0.1) is 25.7 Å². The molecule has 90 valence electrons. The fourth-order valence-corrected chi connectivity index (χ4v) is 2.43. The van der Waals surface area contributed by atoms with E-state index in [0.717, 1.165) is 15.6 Å². The molecule has 6 heteroatoms. The van der Waals surface area contributed by atoms with E-state index in [1.807, 2.05) is 18.2 Å². The van der Waals surface area contributed by atoms with Gasteiger partial charge in [0.1, 0.15) is 16.5 Å². The van der Waals surface area contributed by atoms with Gasteiger partial charge in [0, 0.05) is 0 Å². The summed E-state index contributed by atoms with van der Waals surface area (Å²) in [4.78, 5) is 0. The lowest BCUT2D eigenvalue weighted by molar-refractivity contribution is 0.397. The second-order valence-corrected chi connectivity index (χ2v) is 4.50. The van der Waals surface area contributed by atoms with Crippen LogP contribution < -0.4 is 9.47 Å². The van der Waals surface area contributed by atoms with E-state index < -0.39 is 0 Å². The van der Waals surface area contributed by atoms with Gasteiger partial charge in [-0.25, -0.2) is 0 Å². The normalized spacial score (nSPS) is 10.3. The maximum atomic E-state index is 5.72. The highest BCUT2D eigenvalue weighted by Crippen LogP contribution is 2.39. The van der Waals surface area contributed by atoms with Crippen LogP contribution in [0.1, 0.15) is 5.01 Å². The molecule has 4 nitrogen and oxygen atoms in total. The van der Waals surface area contributed by atoms with Gasteiger partial charge < -0.3 is 9.47 Å². The van der Waals surface area contributed by atoms with E-state index in [1.165, 1.54) is 11.3 Å². The van der Waals surface area contributed by atoms with Crippen molar-refractivity contribution in [2.75, 3.05) is 14.2 Å². The number of hydrogen-bond donors (Lipinski definition) is 0. The van der Waals surface area contributed by atoms with Crippen LogP contribution in [0.5, 0.6) is 11.5 Å². The average molecular weight is 271 g/mol. The quantitative estimate of drug-likeness (QED) is 0.801. The minimum Gasteiger partial charge on any atom is -0.496 e. The Kier molecular flexibility index (Phi) is 3.81. The number of methoxy groups -OCH3 is 2. The number of rotatable bonds is 4. The van der Waals surface area contributed by atoms with E-state index in [-0.39, 0.29) is 0 Å². The molecular formula is C11H11ClN2O2S. The molecule has 0 spiro atoms. The summed E-state index contributed by atoms with van der Waals surface area (Å²) in [6, 6.07) is 5.59. The Hall–Kier alpha value is -1.33. The number of hydrogen-bond acceptors (Lipinski definition) is 5. The summed E-state index contributed by atoms with van der Waals surface area (Å²) < 4.78 is 10.6. The fourth-order valence-electron chi connectivity index (χ4n) is 1.47. The summed E-state index contributed by atoms with van der Waals surface area (Å²) in [6.45, 7) is 0. The molecule has 2 aromatic rings. The van der Waals surface area contributed by atoms with Crippen molar-refractivity contribution in [2.24, 2.45) is 0 Å². The molecule has 0 atom stereocenters. The molecule has 17 heavy (non-hydrogen) atoms. The molecule has 0 saturated heterocycles. The van der Waals surface area contributed by atoms with Crippen molar-refractivity contribution in [1.29, 1.82) is 0 Å². The van der Waals surface area contributed by atoms with Crippen LogP contribution in [0.2, 0.25) is 0 Å². The Morgan fingerprint density at radius 2 is 1.82 bits per heavy atom. The van der Waals surface area contributed by atoms with Crippen LogP contribution in [0.4, 0.5) is 0 Å². The maximum Gasteiger partial charge on any atom is 0.155 e. The topological polar surface area (TPSA) is 44.2 Å². The van der Waals surface area contributed by atoms with Gasteiger partial charge >= 0.3 is 0 Å². The summed E-state index contributed by atoms with van der Waals surface area (Å²) in [5.41, 5.74) is 0.811. The van der Waals surface area contributed by atoms with Gasteiger partial charge in [-0.05, 0) is 12.1 Å². The lowest BCUT2D eigenvalue weighted by Crippen LogP contribution is -1.92. The van der Waals surface area contributed by atoms with Gasteiger partial charge in [-0.15, -0.1) is 21.8 Å².